The standard InChI is InChI=1S/C20H32N4O/c1-3-23-8-10-24(11-9-23)15-16(2)14-21-20(25)22-19-12-17-6-4-5-7-18(17)13-19/h4-7,16,19H,3,8-15H2,1-2H3,(H2,21,22,25)/t16-/m1/s1. The molecular formula is C20H32N4O. The van der Waals surface area contributed by atoms with Crippen molar-refractivity contribution < 1.29 is 4.79 Å². The van der Waals surface area contributed by atoms with Gasteiger partial charge in [-0.3, -0.25) is 0 Å². The van der Waals surface area contributed by atoms with Gasteiger partial charge in [0.15, 0.2) is 0 Å². The van der Waals surface area contributed by atoms with E-state index in [1.54, 1.807) is 0 Å². The molecule has 0 aromatic heterocycles. The van der Waals surface area contributed by atoms with E-state index in [4.69, 9.17) is 0 Å². The zero-order valence-corrected chi connectivity index (χ0v) is 15.6. The van der Waals surface area contributed by atoms with Crippen LogP contribution < -0.4 is 10.6 Å². The van der Waals surface area contributed by atoms with Crippen LogP contribution in [-0.4, -0.2) is 67.7 Å². The summed E-state index contributed by atoms with van der Waals surface area (Å²) in [6.07, 6.45) is 1.89. The molecule has 2 aliphatic rings. The van der Waals surface area contributed by atoms with Gasteiger partial charge in [-0.05, 0) is 36.4 Å². The van der Waals surface area contributed by atoms with E-state index in [2.05, 4.69) is 58.5 Å². The molecular weight excluding hydrogens is 312 g/mol. The average Bonchev–Trinajstić information content (AvgIpc) is 3.03. The number of urea groups is 1. The fraction of sp³-hybridized carbons (Fsp3) is 0.650. The Morgan fingerprint density at radius 2 is 1.72 bits per heavy atom. The molecule has 1 fully saturated rings. The third kappa shape index (κ3) is 5.19. The summed E-state index contributed by atoms with van der Waals surface area (Å²) in [5.41, 5.74) is 2.74. The van der Waals surface area contributed by atoms with Crippen LogP contribution in [0.2, 0.25) is 0 Å². The average molecular weight is 345 g/mol. The molecule has 3 rings (SSSR count). The van der Waals surface area contributed by atoms with Gasteiger partial charge in [0, 0.05) is 45.3 Å². The van der Waals surface area contributed by atoms with E-state index < -0.39 is 0 Å². The molecule has 138 valence electrons. The van der Waals surface area contributed by atoms with Gasteiger partial charge in [-0.15, -0.1) is 0 Å². The highest BCUT2D eigenvalue weighted by Gasteiger charge is 2.22. The summed E-state index contributed by atoms with van der Waals surface area (Å²) in [6, 6.07) is 8.67. The predicted molar refractivity (Wildman–Crippen MR) is 102 cm³/mol. The number of likely N-dealkylation sites (N-methyl/N-ethyl adjacent to an activating group) is 1. The van der Waals surface area contributed by atoms with E-state index in [0.29, 0.717) is 5.92 Å². The van der Waals surface area contributed by atoms with Crippen molar-refractivity contribution in [3.8, 4) is 0 Å². The van der Waals surface area contributed by atoms with E-state index >= 15 is 0 Å². The molecule has 5 nitrogen and oxygen atoms in total. The second-order valence-corrected chi connectivity index (χ2v) is 7.57. The first-order chi connectivity index (χ1) is 12.1. The number of carbonyl (C=O) groups excluding carboxylic acids is 1. The Morgan fingerprint density at radius 3 is 2.32 bits per heavy atom. The van der Waals surface area contributed by atoms with E-state index in [1.807, 2.05) is 0 Å². The maximum absolute atomic E-state index is 12.2. The van der Waals surface area contributed by atoms with E-state index in [1.165, 1.54) is 24.2 Å². The highest BCUT2D eigenvalue weighted by atomic mass is 16.2. The summed E-state index contributed by atoms with van der Waals surface area (Å²) in [5.74, 6) is 0.472. The van der Waals surface area contributed by atoms with Crippen molar-refractivity contribution in [2.45, 2.75) is 32.7 Å². The Morgan fingerprint density at radius 1 is 1.12 bits per heavy atom. The van der Waals surface area contributed by atoms with Crippen molar-refractivity contribution in [3.63, 3.8) is 0 Å². The Hall–Kier alpha value is -1.59. The van der Waals surface area contributed by atoms with Gasteiger partial charge in [0.2, 0.25) is 0 Å². The van der Waals surface area contributed by atoms with E-state index in [0.717, 1.165) is 45.6 Å². The minimum atomic E-state index is -0.0274. The summed E-state index contributed by atoms with van der Waals surface area (Å²) < 4.78 is 0. The topological polar surface area (TPSA) is 47.6 Å². The molecule has 2 amide bonds. The molecule has 0 saturated carbocycles. The lowest BCUT2D eigenvalue weighted by Crippen LogP contribution is -2.49. The van der Waals surface area contributed by atoms with E-state index in [-0.39, 0.29) is 12.1 Å². The molecule has 1 aliphatic heterocycles. The largest absolute Gasteiger partial charge is 0.338 e. The van der Waals surface area contributed by atoms with Crippen molar-refractivity contribution >= 4 is 6.03 Å². The zero-order chi connectivity index (χ0) is 17.6. The summed E-state index contributed by atoms with van der Waals surface area (Å²) in [4.78, 5) is 17.2. The van der Waals surface area contributed by atoms with Gasteiger partial charge in [0.1, 0.15) is 0 Å². The number of hydrogen-bond acceptors (Lipinski definition) is 3. The molecule has 1 aliphatic carbocycles. The fourth-order valence-corrected chi connectivity index (χ4v) is 3.96. The van der Waals surface area contributed by atoms with Crippen LogP contribution >= 0.6 is 0 Å². The summed E-state index contributed by atoms with van der Waals surface area (Å²) in [7, 11) is 0. The molecule has 1 aromatic rings. The Labute approximate surface area is 151 Å². The first-order valence-electron chi connectivity index (χ1n) is 9.70. The lowest BCUT2D eigenvalue weighted by atomic mass is 10.1. The number of rotatable bonds is 6. The van der Waals surface area contributed by atoms with E-state index in [9.17, 15) is 4.79 Å². The molecule has 2 N–H and O–H groups in total. The van der Waals surface area contributed by atoms with Crippen molar-refractivity contribution in [2.75, 3.05) is 45.8 Å². The van der Waals surface area contributed by atoms with Crippen LogP contribution in [0.25, 0.3) is 0 Å². The number of amides is 2. The second kappa shape index (κ2) is 8.68. The smallest absolute Gasteiger partial charge is 0.315 e. The highest BCUT2D eigenvalue weighted by molar-refractivity contribution is 5.74. The van der Waals surface area contributed by atoms with Crippen molar-refractivity contribution in [1.29, 1.82) is 0 Å². The molecule has 25 heavy (non-hydrogen) atoms. The van der Waals surface area contributed by atoms with Crippen molar-refractivity contribution in [2.24, 2.45) is 5.92 Å². The van der Waals surface area contributed by atoms with Crippen LogP contribution in [0.3, 0.4) is 0 Å². The maximum Gasteiger partial charge on any atom is 0.315 e. The van der Waals surface area contributed by atoms with Crippen LogP contribution in [0.4, 0.5) is 4.79 Å². The lowest BCUT2D eigenvalue weighted by molar-refractivity contribution is 0.124. The molecule has 0 spiro atoms. The number of hydrogen-bond donors (Lipinski definition) is 2. The van der Waals surface area contributed by atoms with Gasteiger partial charge in [-0.25, -0.2) is 4.79 Å². The molecule has 0 bridgehead atoms. The Balaban J connectivity index is 1.33. The predicted octanol–water partition coefficient (Wildman–Crippen LogP) is 1.73. The number of nitrogens with one attached hydrogen (secondary N) is 2. The van der Waals surface area contributed by atoms with Gasteiger partial charge in [0.05, 0.1) is 0 Å². The molecule has 0 radical (unpaired) electrons. The minimum absolute atomic E-state index is 0.0274. The number of fused-ring (bicyclic) bond motifs is 1. The van der Waals surface area contributed by atoms with Crippen molar-refractivity contribution in [3.05, 3.63) is 35.4 Å². The van der Waals surface area contributed by atoms with Crippen LogP contribution in [-0.2, 0) is 12.8 Å². The normalized spacial score (nSPS) is 20.2. The molecule has 1 aromatic carbocycles. The summed E-state index contributed by atoms with van der Waals surface area (Å²) in [6.45, 7) is 12.0. The molecule has 0 unspecified atom stereocenters. The molecule has 1 saturated heterocycles. The molecule has 5 heteroatoms. The molecule has 1 atom stereocenters. The van der Waals surface area contributed by atoms with Gasteiger partial charge in [-0.1, -0.05) is 38.1 Å². The number of piperazine rings is 1. The van der Waals surface area contributed by atoms with Gasteiger partial charge in [0.25, 0.3) is 0 Å². The molecule has 1 heterocycles. The Kier molecular flexibility index (Phi) is 6.32. The van der Waals surface area contributed by atoms with Gasteiger partial charge < -0.3 is 20.4 Å². The second-order valence-electron chi connectivity index (χ2n) is 7.57. The monoisotopic (exact) mass is 344 g/mol. The van der Waals surface area contributed by atoms with Crippen molar-refractivity contribution in [1.82, 2.24) is 20.4 Å². The quantitative estimate of drug-likeness (QED) is 0.826. The third-order valence-electron chi connectivity index (χ3n) is 5.48. The third-order valence-corrected chi connectivity index (χ3v) is 5.48. The minimum Gasteiger partial charge on any atom is -0.338 e. The maximum atomic E-state index is 12.2. The highest BCUT2D eigenvalue weighted by Crippen LogP contribution is 2.21. The van der Waals surface area contributed by atoms with Crippen LogP contribution in [0.15, 0.2) is 24.3 Å². The van der Waals surface area contributed by atoms with Crippen LogP contribution in [0.5, 0.6) is 0 Å². The Bertz CT molecular complexity index is 544. The van der Waals surface area contributed by atoms with Gasteiger partial charge >= 0.3 is 6.03 Å². The lowest BCUT2D eigenvalue weighted by Gasteiger charge is -2.35. The number of nitrogens with zero attached hydrogens (tertiary/aromatic N) is 2. The number of carbonyl (C=O) groups is 1. The summed E-state index contributed by atoms with van der Waals surface area (Å²) >= 11 is 0. The first-order valence-corrected chi connectivity index (χ1v) is 9.70. The SMILES string of the molecule is CCN1CCN(C[C@H](C)CNC(=O)NC2Cc3ccccc3C2)CC1. The number of benzene rings is 1. The van der Waals surface area contributed by atoms with Crippen LogP contribution in [0.1, 0.15) is 25.0 Å². The fourth-order valence-electron chi connectivity index (χ4n) is 3.96. The zero-order valence-electron chi connectivity index (χ0n) is 15.6. The van der Waals surface area contributed by atoms with Crippen LogP contribution in [0, 0.1) is 5.92 Å². The first kappa shape index (κ1) is 18.2. The summed E-state index contributed by atoms with van der Waals surface area (Å²) in [5, 5.41) is 6.19. The van der Waals surface area contributed by atoms with Gasteiger partial charge in [-0.2, -0.15) is 0 Å².